The largest absolute Gasteiger partial charge is 0.348 e. The predicted molar refractivity (Wildman–Crippen MR) is 98.2 cm³/mol. The second kappa shape index (κ2) is 9.85. The van der Waals surface area contributed by atoms with E-state index in [1.165, 1.54) is 0 Å². The molecule has 128 valence electrons. The van der Waals surface area contributed by atoms with Crippen molar-refractivity contribution in [3.8, 4) is 0 Å². The van der Waals surface area contributed by atoms with Crippen molar-refractivity contribution < 1.29 is 9.59 Å². The van der Waals surface area contributed by atoms with Crippen molar-refractivity contribution in [2.45, 2.75) is 31.8 Å². The summed E-state index contributed by atoms with van der Waals surface area (Å²) in [5, 5.41) is 2.92. The Morgan fingerprint density at radius 3 is 2.08 bits per heavy atom. The number of halogens is 1. The molecule has 2 aromatic rings. The maximum absolute atomic E-state index is 12.3. The molecule has 2 rings (SSSR count). The first-order chi connectivity index (χ1) is 11.1. The lowest BCUT2D eigenvalue weighted by Gasteiger charge is -2.20. The summed E-state index contributed by atoms with van der Waals surface area (Å²) in [7, 11) is 0. The summed E-state index contributed by atoms with van der Waals surface area (Å²) in [4.78, 5) is 24.2. The number of hydrogen-bond donors (Lipinski definition) is 2. The Morgan fingerprint density at radius 2 is 1.54 bits per heavy atom. The van der Waals surface area contributed by atoms with E-state index in [0.717, 1.165) is 5.56 Å². The van der Waals surface area contributed by atoms with Crippen LogP contribution in [0.2, 0.25) is 0 Å². The molecule has 1 amide bonds. The van der Waals surface area contributed by atoms with Gasteiger partial charge < -0.3 is 11.1 Å². The summed E-state index contributed by atoms with van der Waals surface area (Å²) in [5.41, 5.74) is 7.30. The third-order valence-electron chi connectivity index (χ3n) is 3.69. The number of rotatable bonds is 7. The van der Waals surface area contributed by atoms with Gasteiger partial charge in [0.25, 0.3) is 0 Å². The predicted octanol–water partition coefficient (Wildman–Crippen LogP) is 3.28. The van der Waals surface area contributed by atoms with E-state index in [0.29, 0.717) is 18.4 Å². The number of benzene rings is 2. The number of amides is 1. The number of ketones is 1. The number of Topliss-reactive ketones (excluding diaryl/α,β-unsaturated/α-hetero) is 1. The van der Waals surface area contributed by atoms with Crippen molar-refractivity contribution in [3.05, 3.63) is 71.8 Å². The van der Waals surface area contributed by atoms with Crippen LogP contribution in [0.25, 0.3) is 0 Å². The molecule has 0 saturated heterocycles. The second-order valence-electron chi connectivity index (χ2n) is 5.59. The third-order valence-corrected chi connectivity index (χ3v) is 3.69. The van der Waals surface area contributed by atoms with Crippen LogP contribution in [0, 0.1) is 0 Å². The molecule has 0 unspecified atom stereocenters. The zero-order valence-electron chi connectivity index (χ0n) is 13.6. The molecule has 2 aromatic carbocycles. The minimum Gasteiger partial charge on any atom is -0.348 e. The topological polar surface area (TPSA) is 72.2 Å². The highest BCUT2D eigenvalue weighted by Crippen LogP contribution is 2.20. The Kier molecular flexibility index (Phi) is 8.16. The van der Waals surface area contributed by atoms with Crippen molar-refractivity contribution in [2.75, 3.05) is 0 Å². The van der Waals surface area contributed by atoms with Crippen molar-refractivity contribution in [1.82, 2.24) is 5.32 Å². The van der Waals surface area contributed by atoms with Gasteiger partial charge >= 0.3 is 0 Å². The van der Waals surface area contributed by atoms with E-state index in [1.807, 2.05) is 48.5 Å². The molecule has 0 aromatic heterocycles. The normalized spacial score (nSPS) is 12.6. The molecule has 24 heavy (non-hydrogen) atoms. The Balaban J connectivity index is 0.00000288. The van der Waals surface area contributed by atoms with Crippen LogP contribution < -0.4 is 11.1 Å². The molecule has 0 aliphatic carbocycles. The van der Waals surface area contributed by atoms with Crippen LogP contribution in [-0.2, 0) is 4.79 Å². The van der Waals surface area contributed by atoms with Crippen molar-refractivity contribution >= 4 is 24.1 Å². The quantitative estimate of drug-likeness (QED) is 0.756. The first kappa shape index (κ1) is 19.9. The number of nitrogens with two attached hydrogens (primary N) is 1. The number of carbonyl (C=O) groups excluding carboxylic acids is 2. The van der Waals surface area contributed by atoms with Gasteiger partial charge in [-0.05, 0) is 18.9 Å². The van der Waals surface area contributed by atoms with Crippen molar-refractivity contribution in [3.63, 3.8) is 0 Å². The van der Waals surface area contributed by atoms with Crippen LogP contribution in [0.4, 0.5) is 0 Å². The fourth-order valence-corrected chi connectivity index (χ4v) is 2.35. The minimum atomic E-state index is -0.578. The monoisotopic (exact) mass is 346 g/mol. The van der Waals surface area contributed by atoms with E-state index in [1.54, 1.807) is 19.1 Å². The maximum Gasteiger partial charge on any atom is 0.237 e. The Morgan fingerprint density at radius 1 is 1.00 bits per heavy atom. The van der Waals surface area contributed by atoms with Crippen molar-refractivity contribution in [1.29, 1.82) is 0 Å². The van der Waals surface area contributed by atoms with Crippen LogP contribution >= 0.6 is 12.4 Å². The summed E-state index contributed by atoms with van der Waals surface area (Å²) in [6.45, 7) is 1.65. The van der Waals surface area contributed by atoms with E-state index in [-0.39, 0.29) is 30.1 Å². The van der Waals surface area contributed by atoms with E-state index >= 15 is 0 Å². The highest BCUT2D eigenvalue weighted by atomic mass is 35.5. The first-order valence-electron chi connectivity index (χ1n) is 7.77. The summed E-state index contributed by atoms with van der Waals surface area (Å²) in [6.07, 6.45) is 0.902. The molecule has 0 radical (unpaired) electrons. The second-order valence-corrected chi connectivity index (χ2v) is 5.59. The summed E-state index contributed by atoms with van der Waals surface area (Å²) in [6, 6.07) is 18.0. The van der Waals surface area contributed by atoms with Crippen LogP contribution in [0.5, 0.6) is 0 Å². The zero-order chi connectivity index (χ0) is 16.7. The van der Waals surface area contributed by atoms with Gasteiger partial charge in [0.15, 0.2) is 5.78 Å². The van der Waals surface area contributed by atoms with Gasteiger partial charge in [0, 0.05) is 12.0 Å². The highest BCUT2D eigenvalue weighted by Gasteiger charge is 2.18. The van der Waals surface area contributed by atoms with Crippen LogP contribution in [0.1, 0.15) is 41.7 Å². The molecule has 0 heterocycles. The smallest absolute Gasteiger partial charge is 0.237 e. The van der Waals surface area contributed by atoms with Crippen molar-refractivity contribution in [2.24, 2.45) is 5.73 Å². The number of hydrogen-bond acceptors (Lipinski definition) is 3. The van der Waals surface area contributed by atoms with E-state index in [4.69, 9.17) is 5.73 Å². The molecule has 2 atom stereocenters. The molecular formula is C19H23ClN2O2. The fourth-order valence-electron chi connectivity index (χ4n) is 2.35. The highest BCUT2D eigenvalue weighted by molar-refractivity contribution is 5.96. The van der Waals surface area contributed by atoms with Gasteiger partial charge in [0.05, 0.1) is 12.1 Å². The standard InChI is InChI=1S/C19H22N2O2.ClH/c1-14(20)19(23)21-17(15-8-4-2-5-9-15)12-13-18(22)16-10-6-3-7-11-16;/h2-11,14,17H,12-13,20H2,1H3,(H,21,23);1H/t14-,17-;/m1./s1. The molecule has 0 aliphatic heterocycles. The molecule has 0 fully saturated rings. The molecule has 0 spiro atoms. The summed E-state index contributed by atoms with van der Waals surface area (Å²) < 4.78 is 0. The van der Waals surface area contributed by atoms with Gasteiger partial charge in [0.1, 0.15) is 0 Å². The lowest BCUT2D eigenvalue weighted by Crippen LogP contribution is -2.40. The van der Waals surface area contributed by atoms with Gasteiger partial charge in [-0.15, -0.1) is 12.4 Å². The van der Waals surface area contributed by atoms with E-state index < -0.39 is 6.04 Å². The van der Waals surface area contributed by atoms with Gasteiger partial charge in [-0.25, -0.2) is 0 Å². The average molecular weight is 347 g/mol. The SMILES string of the molecule is C[C@@H](N)C(=O)N[C@H](CCC(=O)c1ccccc1)c1ccccc1.Cl. The van der Waals surface area contributed by atoms with Crippen LogP contribution in [-0.4, -0.2) is 17.7 Å². The molecule has 0 saturated carbocycles. The Hall–Kier alpha value is -2.17. The minimum absolute atomic E-state index is 0. The van der Waals surface area contributed by atoms with E-state index in [2.05, 4.69) is 5.32 Å². The number of carbonyl (C=O) groups is 2. The first-order valence-corrected chi connectivity index (χ1v) is 7.77. The van der Waals surface area contributed by atoms with Gasteiger partial charge in [-0.3, -0.25) is 9.59 Å². The third kappa shape index (κ3) is 5.80. The van der Waals surface area contributed by atoms with Crippen LogP contribution in [0.3, 0.4) is 0 Å². The molecule has 4 nitrogen and oxygen atoms in total. The van der Waals surface area contributed by atoms with Gasteiger partial charge in [0.2, 0.25) is 5.91 Å². The number of nitrogens with one attached hydrogen (secondary N) is 1. The van der Waals surface area contributed by atoms with Crippen LogP contribution in [0.15, 0.2) is 60.7 Å². The average Bonchev–Trinajstić information content (AvgIpc) is 2.59. The Labute approximate surface area is 148 Å². The zero-order valence-corrected chi connectivity index (χ0v) is 14.5. The molecular weight excluding hydrogens is 324 g/mol. The summed E-state index contributed by atoms with van der Waals surface area (Å²) in [5.74, 6) is -0.146. The van der Waals surface area contributed by atoms with E-state index in [9.17, 15) is 9.59 Å². The van der Waals surface area contributed by atoms with Gasteiger partial charge in [-0.2, -0.15) is 0 Å². The summed E-state index contributed by atoms with van der Waals surface area (Å²) >= 11 is 0. The maximum atomic E-state index is 12.3. The Bertz CT molecular complexity index is 645. The fraction of sp³-hybridized carbons (Fsp3) is 0.263. The van der Waals surface area contributed by atoms with Gasteiger partial charge in [-0.1, -0.05) is 60.7 Å². The molecule has 0 bridgehead atoms. The lowest BCUT2D eigenvalue weighted by molar-refractivity contribution is -0.122. The molecule has 3 N–H and O–H groups in total. The molecule has 0 aliphatic rings. The lowest BCUT2D eigenvalue weighted by atomic mass is 9.98. The molecule has 5 heteroatoms.